The van der Waals surface area contributed by atoms with Crippen molar-refractivity contribution < 1.29 is 9.18 Å². The van der Waals surface area contributed by atoms with Crippen molar-refractivity contribution in [3.05, 3.63) is 88.5 Å². The summed E-state index contributed by atoms with van der Waals surface area (Å²) >= 11 is 0. The number of benzene rings is 2. The highest BCUT2D eigenvalue weighted by molar-refractivity contribution is 5.94. The van der Waals surface area contributed by atoms with Gasteiger partial charge in [0.05, 0.1) is 18.3 Å². The van der Waals surface area contributed by atoms with Crippen LogP contribution in [-0.2, 0) is 6.54 Å². The van der Waals surface area contributed by atoms with E-state index in [1.165, 1.54) is 12.1 Å². The Morgan fingerprint density at radius 2 is 1.77 bits per heavy atom. The minimum absolute atomic E-state index is 0.153. The highest BCUT2D eigenvalue weighted by Crippen LogP contribution is 2.15. The van der Waals surface area contributed by atoms with Gasteiger partial charge in [-0.2, -0.15) is 5.10 Å². The maximum absolute atomic E-state index is 13.0. The van der Waals surface area contributed by atoms with E-state index in [1.54, 1.807) is 12.1 Å². The van der Waals surface area contributed by atoms with E-state index in [-0.39, 0.29) is 17.8 Å². The average molecular weight is 351 g/mol. The summed E-state index contributed by atoms with van der Waals surface area (Å²) in [7, 11) is 0. The molecule has 0 aliphatic carbocycles. The number of hydrogen-bond acceptors (Lipinski definition) is 2. The summed E-state index contributed by atoms with van der Waals surface area (Å²) < 4.78 is 14.9. The fourth-order valence-electron chi connectivity index (χ4n) is 2.88. The molecule has 2 aromatic carbocycles. The Kier molecular flexibility index (Phi) is 5.16. The fraction of sp³-hybridized carbons (Fsp3) is 0.238. The molecule has 0 spiro atoms. The molecule has 1 aromatic heterocycles. The largest absolute Gasteiger partial charge is 0.346 e. The molecule has 0 saturated heterocycles. The van der Waals surface area contributed by atoms with Gasteiger partial charge in [-0.1, -0.05) is 24.3 Å². The molecule has 5 heteroatoms. The second-order valence-corrected chi connectivity index (χ2v) is 6.53. The van der Waals surface area contributed by atoms with Gasteiger partial charge in [-0.3, -0.25) is 9.48 Å². The number of hydrogen-bond donors (Lipinski definition) is 1. The summed E-state index contributed by atoms with van der Waals surface area (Å²) in [6, 6.07) is 15.5. The summed E-state index contributed by atoms with van der Waals surface area (Å²) in [5, 5.41) is 7.39. The molecule has 0 aliphatic heterocycles. The van der Waals surface area contributed by atoms with Gasteiger partial charge in [-0.05, 0) is 62.2 Å². The highest BCUT2D eigenvalue weighted by Gasteiger charge is 2.12. The van der Waals surface area contributed by atoms with Crippen molar-refractivity contribution in [1.29, 1.82) is 0 Å². The standard InChI is InChI=1S/C21H22FN3O/c1-14-12-15(2)25(24-14)13-17-4-6-19(7-5-17)21(26)23-16(3)18-8-10-20(22)11-9-18/h4-12,16H,13H2,1-3H3,(H,23,26)/t16-/m1/s1. The Labute approximate surface area is 152 Å². The van der Waals surface area contributed by atoms with E-state index in [0.717, 1.165) is 22.5 Å². The van der Waals surface area contributed by atoms with Gasteiger partial charge >= 0.3 is 0 Å². The van der Waals surface area contributed by atoms with Gasteiger partial charge in [-0.25, -0.2) is 4.39 Å². The molecular formula is C21H22FN3O. The molecule has 1 N–H and O–H groups in total. The second-order valence-electron chi connectivity index (χ2n) is 6.53. The van der Waals surface area contributed by atoms with E-state index in [4.69, 9.17) is 0 Å². The number of nitrogens with zero attached hydrogens (tertiary/aromatic N) is 2. The predicted octanol–water partition coefficient (Wildman–Crippen LogP) is 4.18. The Bertz CT molecular complexity index is 898. The maximum Gasteiger partial charge on any atom is 0.251 e. The van der Waals surface area contributed by atoms with Crippen LogP contribution in [-0.4, -0.2) is 15.7 Å². The van der Waals surface area contributed by atoms with Crippen LogP contribution in [0.15, 0.2) is 54.6 Å². The molecule has 0 bridgehead atoms. The van der Waals surface area contributed by atoms with E-state index in [1.807, 2.05) is 55.8 Å². The molecule has 1 heterocycles. The third-order valence-electron chi connectivity index (χ3n) is 4.37. The average Bonchev–Trinajstić information content (AvgIpc) is 2.93. The maximum atomic E-state index is 13.0. The summed E-state index contributed by atoms with van der Waals surface area (Å²) in [6.45, 7) is 6.55. The molecule has 1 amide bonds. The topological polar surface area (TPSA) is 46.9 Å². The molecule has 0 aliphatic rings. The van der Waals surface area contributed by atoms with E-state index >= 15 is 0 Å². The van der Waals surface area contributed by atoms with Gasteiger partial charge in [0.1, 0.15) is 5.82 Å². The van der Waals surface area contributed by atoms with Crippen molar-refractivity contribution in [3.63, 3.8) is 0 Å². The number of aromatic nitrogens is 2. The third-order valence-corrected chi connectivity index (χ3v) is 4.37. The molecular weight excluding hydrogens is 329 g/mol. The normalized spacial score (nSPS) is 12.0. The molecule has 0 radical (unpaired) electrons. The summed E-state index contributed by atoms with van der Waals surface area (Å²) in [6.07, 6.45) is 0. The zero-order valence-corrected chi connectivity index (χ0v) is 15.2. The molecule has 134 valence electrons. The molecule has 3 aromatic rings. The van der Waals surface area contributed by atoms with Crippen LogP contribution in [0.3, 0.4) is 0 Å². The monoisotopic (exact) mass is 351 g/mol. The Morgan fingerprint density at radius 1 is 1.12 bits per heavy atom. The van der Waals surface area contributed by atoms with Crippen LogP contribution in [0.5, 0.6) is 0 Å². The number of amides is 1. The van der Waals surface area contributed by atoms with Crippen LogP contribution < -0.4 is 5.32 Å². The number of carbonyl (C=O) groups excluding carboxylic acids is 1. The van der Waals surface area contributed by atoms with Gasteiger partial charge < -0.3 is 5.32 Å². The van der Waals surface area contributed by atoms with Crippen LogP contribution in [0.25, 0.3) is 0 Å². The van der Waals surface area contributed by atoms with E-state index in [0.29, 0.717) is 12.1 Å². The van der Waals surface area contributed by atoms with Gasteiger partial charge in [0.15, 0.2) is 0 Å². The van der Waals surface area contributed by atoms with Crippen molar-refractivity contribution in [2.45, 2.75) is 33.4 Å². The van der Waals surface area contributed by atoms with Gasteiger partial charge in [0.2, 0.25) is 0 Å². The van der Waals surface area contributed by atoms with Crippen molar-refractivity contribution in [2.75, 3.05) is 0 Å². The molecule has 26 heavy (non-hydrogen) atoms. The van der Waals surface area contributed by atoms with E-state index in [9.17, 15) is 9.18 Å². The molecule has 0 saturated carbocycles. The zero-order valence-electron chi connectivity index (χ0n) is 15.2. The lowest BCUT2D eigenvalue weighted by Gasteiger charge is -2.14. The minimum atomic E-state index is -0.287. The Morgan fingerprint density at radius 3 is 2.35 bits per heavy atom. The Hall–Kier alpha value is -2.95. The van der Waals surface area contributed by atoms with Crippen molar-refractivity contribution in [2.24, 2.45) is 0 Å². The van der Waals surface area contributed by atoms with Crippen molar-refractivity contribution in [1.82, 2.24) is 15.1 Å². The third kappa shape index (κ3) is 4.17. The lowest BCUT2D eigenvalue weighted by atomic mass is 10.1. The van der Waals surface area contributed by atoms with Crippen molar-refractivity contribution >= 4 is 5.91 Å². The Balaban J connectivity index is 1.65. The summed E-state index contributed by atoms with van der Waals surface area (Å²) in [5.41, 5.74) is 4.64. The van der Waals surface area contributed by atoms with Crippen LogP contribution >= 0.6 is 0 Å². The minimum Gasteiger partial charge on any atom is -0.346 e. The first-order chi connectivity index (χ1) is 12.4. The van der Waals surface area contributed by atoms with Crippen LogP contribution in [0, 0.1) is 19.7 Å². The zero-order chi connectivity index (χ0) is 18.7. The predicted molar refractivity (Wildman–Crippen MR) is 99.5 cm³/mol. The quantitative estimate of drug-likeness (QED) is 0.750. The fourth-order valence-corrected chi connectivity index (χ4v) is 2.88. The molecule has 1 atom stereocenters. The number of halogens is 1. The second kappa shape index (κ2) is 7.52. The van der Waals surface area contributed by atoms with Crippen LogP contribution in [0.4, 0.5) is 4.39 Å². The van der Waals surface area contributed by atoms with Crippen molar-refractivity contribution in [3.8, 4) is 0 Å². The molecule has 3 rings (SSSR count). The number of rotatable bonds is 5. The lowest BCUT2D eigenvalue weighted by molar-refractivity contribution is 0.0940. The first-order valence-corrected chi connectivity index (χ1v) is 8.58. The first kappa shape index (κ1) is 17.9. The first-order valence-electron chi connectivity index (χ1n) is 8.58. The van der Waals surface area contributed by atoms with Crippen LogP contribution in [0.1, 0.15) is 45.8 Å². The smallest absolute Gasteiger partial charge is 0.251 e. The number of carbonyl (C=O) groups is 1. The van der Waals surface area contributed by atoms with E-state index < -0.39 is 0 Å². The summed E-state index contributed by atoms with van der Waals surface area (Å²) in [5.74, 6) is -0.440. The number of nitrogens with one attached hydrogen (secondary N) is 1. The lowest BCUT2D eigenvalue weighted by Crippen LogP contribution is -2.26. The summed E-state index contributed by atoms with van der Waals surface area (Å²) in [4.78, 5) is 12.4. The molecule has 0 unspecified atom stereocenters. The SMILES string of the molecule is Cc1cc(C)n(Cc2ccc(C(=O)N[C@H](C)c3ccc(F)cc3)cc2)n1. The number of aryl methyl sites for hydroxylation is 2. The van der Waals surface area contributed by atoms with Crippen LogP contribution in [0.2, 0.25) is 0 Å². The molecule has 4 nitrogen and oxygen atoms in total. The van der Waals surface area contributed by atoms with E-state index in [2.05, 4.69) is 10.4 Å². The molecule has 0 fully saturated rings. The van der Waals surface area contributed by atoms with Gasteiger partial charge in [0.25, 0.3) is 5.91 Å². The highest BCUT2D eigenvalue weighted by atomic mass is 19.1. The van der Waals surface area contributed by atoms with Gasteiger partial charge in [0, 0.05) is 11.3 Å². The van der Waals surface area contributed by atoms with Gasteiger partial charge in [-0.15, -0.1) is 0 Å².